The number of rotatable bonds is 8. The summed E-state index contributed by atoms with van der Waals surface area (Å²) in [6.07, 6.45) is 1.82. The Hall–Kier alpha value is -4.19. The van der Waals surface area contributed by atoms with Crippen molar-refractivity contribution in [2.75, 3.05) is 25.1 Å². The van der Waals surface area contributed by atoms with E-state index in [1.165, 1.54) is 0 Å². The number of aromatic nitrogens is 2. The molecule has 0 N–H and O–H groups in total. The molecule has 1 atom stereocenters. The molecule has 0 aliphatic carbocycles. The maximum absolute atomic E-state index is 13.8. The fourth-order valence-corrected chi connectivity index (χ4v) is 4.96. The van der Waals surface area contributed by atoms with Crippen molar-refractivity contribution in [1.82, 2.24) is 15.1 Å². The van der Waals surface area contributed by atoms with Crippen LogP contribution in [0.1, 0.15) is 24.0 Å². The number of carbonyl (C=O) groups excluding carboxylic acids is 1. The Labute approximate surface area is 218 Å². The third-order valence-corrected chi connectivity index (χ3v) is 6.87. The molecular weight excluding hydrogens is 460 g/mol. The van der Waals surface area contributed by atoms with E-state index in [0.29, 0.717) is 19.6 Å². The molecule has 3 aromatic carbocycles. The Morgan fingerprint density at radius 3 is 2.14 bits per heavy atom. The van der Waals surface area contributed by atoms with Crippen molar-refractivity contribution in [3.05, 3.63) is 108 Å². The van der Waals surface area contributed by atoms with E-state index in [9.17, 15) is 4.79 Å². The van der Waals surface area contributed by atoms with Crippen molar-refractivity contribution in [2.45, 2.75) is 25.9 Å². The van der Waals surface area contributed by atoms with Gasteiger partial charge in [0.05, 0.1) is 18.7 Å². The van der Waals surface area contributed by atoms with E-state index < -0.39 is 0 Å². The molecule has 1 aliphatic rings. The van der Waals surface area contributed by atoms with Crippen LogP contribution in [0, 0.1) is 5.92 Å². The van der Waals surface area contributed by atoms with E-state index in [4.69, 9.17) is 4.74 Å². The number of carbonyl (C=O) groups is 1. The van der Waals surface area contributed by atoms with Crippen LogP contribution in [0.2, 0.25) is 0 Å². The van der Waals surface area contributed by atoms with Gasteiger partial charge in [0.15, 0.2) is 5.82 Å². The van der Waals surface area contributed by atoms with Crippen molar-refractivity contribution in [3.8, 4) is 17.0 Å². The molecule has 6 heteroatoms. The molecule has 1 unspecified atom stereocenters. The summed E-state index contributed by atoms with van der Waals surface area (Å²) in [6, 6.07) is 32.2. The SMILES string of the molecule is COc1ccccc1-c1ccc(N2CCCC(C(=O)N(Cc3ccccc3)Cc3ccccc3)C2)nn1. The van der Waals surface area contributed by atoms with Crippen molar-refractivity contribution in [1.29, 1.82) is 0 Å². The first kappa shape index (κ1) is 24.5. The van der Waals surface area contributed by atoms with Gasteiger partial charge in [0.2, 0.25) is 5.91 Å². The number of benzene rings is 3. The first-order chi connectivity index (χ1) is 18.2. The average molecular weight is 493 g/mol. The highest BCUT2D eigenvalue weighted by Gasteiger charge is 2.30. The Balaban J connectivity index is 1.31. The van der Waals surface area contributed by atoms with Crippen molar-refractivity contribution in [3.63, 3.8) is 0 Å². The highest BCUT2D eigenvalue weighted by atomic mass is 16.5. The minimum absolute atomic E-state index is 0.0862. The first-order valence-corrected chi connectivity index (χ1v) is 12.8. The van der Waals surface area contributed by atoms with Crippen LogP contribution in [0.5, 0.6) is 5.75 Å². The van der Waals surface area contributed by atoms with Gasteiger partial charge in [0, 0.05) is 31.7 Å². The fourth-order valence-electron chi connectivity index (χ4n) is 4.96. The second-order valence-corrected chi connectivity index (χ2v) is 9.43. The van der Waals surface area contributed by atoms with E-state index in [2.05, 4.69) is 39.4 Å². The van der Waals surface area contributed by atoms with E-state index in [1.807, 2.05) is 77.7 Å². The number of methoxy groups -OCH3 is 1. The van der Waals surface area contributed by atoms with Gasteiger partial charge >= 0.3 is 0 Å². The third-order valence-electron chi connectivity index (χ3n) is 6.87. The molecule has 1 fully saturated rings. The predicted molar refractivity (Wildman–Crippen MR) is 146 cm³/mol. The molecule has 5 rings (SSSR count). The summed E-state index contributed by atoms with van der Waals surface area (Å²) in [6.45, 7) is 2.70. The average Bonchev–Trinajstić information content (AvgIpc) is 2.97. The summed E-state index contributed by atoms with van der Waals surface area (Å²) in [4.78, 5) is 18.0. The molecule has 188 valence electrons. The van der Waals surface area contributed by atoms with Crippen LogP contribution in [-0.4, -0.2) is 41.2 Å². The summed E-state index contributed by atoms with van der Waals surface area (Å²) in [5.41, 5.74) is 3.95. The topological polar surface area (TPSA) is 58.6 Å². The van der Waals surface area contributed by atoms with Gasteiger partial charge in [-0.1, -0.05) is 72.8 Å². The quantitative estimate of drug-likeness (QED) is 0.321. The maximum Gasteiger partial charge on any atom is 0.228 e. The first-order valence-electron chi connectivity index (χ1n) is 12.8. The number of anilines is 1. The summed E-state index contributed by atoms with van der Waals surface area (Å²) >= 11 is 0. The largest absolute Gasteiger partial charge is 0.496 e. The van der Waals surface area contributed by atoms with E-state index in [-0.39, 0.29) is 11.8 Å². The fraction of sp³-hybridized carbons (Fsp3) is 0.258. The van der Waals surface area contributed by atoms with Crippen molar-refractivity contribution >= 4 is 11.7 Å². The second-order valence-electron chi connectivity index (χ2n) is 9.43. The lowest BCUT2D eigenvalue weighted by molar-refractivity contribution is -0.137. The Morgan fingerprint density at radius 1 is 0.865 bits per heavy atom. The highest BCUT2D eigenvalue weighted by molar-refractivity contribution is 5.80. The molecule has 6 nitrogen and oxygen atoms in total. The van der Waals surface area contributed by atoms with Crippen LogP contribution in [-0.2, 0) is 17.9 Å². The molecule has 0 bridgehead atoms. The summed E-state index contributed by atoms with van der Waals surface area (Å²) < 4.78 is 5.47. The number of para-hydroxylation sites is 1. The Kier molecular flexibility index (Phi) is 7.75. The molecule has 1 amide bonds. The Bertz CT molecular complexity index is 1250. The lowest BCUT2D eigenvalue weighted by Crippen LogP contribution is -2.44. The highest BCUT2D eigenvalue weighted by Crippen LogP contribution is 2.29. The maximum atomic E-state index is 13.8. The molecule has 0 radical (unpaired) electrons. The van der Waals surface area contributed by atoms with Crippen molar-refractivity contribution in [2.24, 2.45) is 5.92 Å². The predicted octanol–water partition coefficient (Wildman–Crippen LogP) is 5.60. The monoisotopic (exact) mass is 492 g/mol. The van der Waals surface area contributed by atoms with Crippen LogP contribution in [0.3, 0.4) is 0 Å². The molecule has 2 heterocycles. The Morgan fingerprint density at radius 2 is 1.51 bits per heavy atom. The van der Waals surface area contributed by atoms with Crippen LogP contribution in [0.15, 0.2) is 97.1 Å². The second kappa shape index (κ2) is 11.7. The molecule has 1 saturated heterocycles. The van der Waals surface area contributed by atoms with Crippen LogP contribution < -0.4 is 9.64 Å². The van der Waals surface area contributed by atoms with Crippen LogP contribution in [0.4, 0.5) is 5.82 Å². The zero-order valence-electron chi connectivity index (χ0n) is 21.2. The number of nitrogens with zero attached hydrogens (tertiary/aromatic N) is 4. The van der Waals surface area contributed by atoms with Crippen LogP contribution >= 0.6 is 0 Å². The third kappa shape index (κ3) is 5.97. The summed E-state index contributed by atoms with van der Waals surface area (Å²) in [5.74, 6) is 1.67. The number of ether oxygens (including phenoxy) is 1. The zero-order valence-corrected chi connectivity index (χ0v) is 21.2. The smallest absolute Gasteiger partial charge is 0.228 e. The van der Waals surface area contributed by atoms with Gasteiger partial charge in [0.1, 0.15) is 5.75 Å². The zero-order chi connectivity index (χ0) is 25.5. The summed E-state index contributed by atoms with van der Waals surface area (Å²) in [5, 5.41) is 9.01. The summed E-state index contributed by atoms with van der Waals surface area (Å²) in [7, 11) is 1.66. The van der Waals surface area contributed by atoms with Crippen LogP contribution in [0.25, 0.3) is 11.3 Å². The van der Waals surface area contributed by atoms with E-state index in [0.717, 1.165) is 53.3 Å². The molecule has 0 saturated carbocycles. The van der Waals surface area contributed by atoms with Gasteiger partial charge in [-0.05, 0) is 48.2 Å². The van der Waals surface area contributed by atoms with Gasteiger partial charge in [0.25, 0.3) is 0 Å². The molecule has 37 heavy (non-hydrogen) atoms. The van der Waals surface area contributed by atoms with Gasteiger partial charge in [-0.15, -0.1) is 10.2 Å². The molecule has 0 spiro atoms. The molecule has 1 aliphatic heterocycles. The lowest BCUT2D eigenvalue weighted by atomic mass is 9.95. The minimum atomic E-state index is -0.0862. The minimum Gasteiger partial charge on any atom is -0.496 e. The number of hydrogen-bond acceptors (Lipinski definition) is 5. The van der Waals surface area contributed by atoms with Crippen molar-refractivity contribution < 1.29 is 9.53 Å². The number of amides is 1. The normalized spacial score (nSPS) is 15.3. The molecular formula is C31H32N4O2. The molecule has 1 aromatic heterocycles. The lowest BCUT2D eigenvalue weighted by Gasteiger charge is -2.35. The number of piperidine rings is 1. The van der Waals surface area contributed by atoms with E-state index >= 15 is 0 Å². The van der Waals surface area contributed by atoms with Gasteiger partial charge in [-0.3, -0.25) is 4.79 Å². The van der Waals surface area contributed by atoms with Gasteiger partial charge in [-0.2, -0.15) is 0 Å². The van der Waals surface area contributed by atoms with E-state index in [1.54, 1.807) is 7.11 Å². The number of hydrogen-bond donors (Lipinski definition) is 0. The molecule has 4 aromatic rings. The van der Waals surface area contributed by atoms with Gasteiger partial charge in [-0.25, -0.2) is 0 Å². The standard InChI is InChI=1S/C31H32N4O2/c1-37-29-17-9-8-16-27(29)28-18-19-30(33-32-28)34-20-10-15-26(23-34)31(36)35(21-24-11-4-2-5-12-24)22-25-13-6-3-7-14-25/h2-9,11-14,16-19,26H,10,15,20-23H2,1H3. The van der Waals surface area contributed by atoms with Gasteiger partial charge < -0.3 is 14.5 Å².